The van der Waals surface area contributed by atoms with E-state index in [1.807, 2.05) is 25.1 Å². The molecule has 0 aliphatic carbocycles. The Balaban J connectivity index is 2.12. The molecule has 0 fully saturated rings. The minimum atomic E-state index is -0.184. The zero-order valence-electron chi connectivity index (χ0n) is 14.0. The molecule has 23 heavy (non-hydrogen) atoms. The van der Waals surface area contributed by atoms with Crippen molar-refractivity contribution in [2.75, 3.05) is 29.0 Å². The van der Waals surface area contributed by atoms with Gasteiger partial charge in [-0.3, -0.25) is 4.79 Å². The fraction of sp³-hybridized carbons (Fsp3) is 0.333. The number of nitrogens with two attached hydrogens (primary N) is 1. The highest BCUT2D eigenvalue weighted by Gasteiger charge is 2.10. The van der Waals surface area contributed by atoms with Gasteiger partial charge < -0.3 is 16.0 Å². The van der Waals surface area contributed by atoms with Crippen LogP contribution in [0.3, 0.4) is 0 Å². The highest BCUT2D eigenvalue weighted by Crippen LogP contribution is 2.19. The summed E-state index contributed by atoms with van der Waals surface area (Å²) in [5.41, 5.74) is 8.62. The van der Waals surface area contributed by atoms with Crippen LogP contribution >= 0.6 is 0 Å². The molecule has 0 aliphatic rings. The number of nitrogens with one attached hydrogen (secondary N) is 1. The maximum atomic E-state index is 12.3. The minimum absolute atomic E-state index is 0.184. The van der Waals surface area contributed by atoms with Gasteiger partial charge in [-0.2, -0.15) is 0 Å². The van der Waals surface area contributed by atoms with E-state index in [0.29, 0.717) is 11.3 Å². The first-order valence-electron chi connectivity index (χ1n) is 7.93. The van der Waals surface area contributed by atoms with Crippen molar-refractivity contribution in [3.63, 3.8) is 0 Å². The van der Waals surface area contributed by atoms with E-state index in [-0.39, 0.29) is 5.91 Å². The highest BCUT2D eigenvalue weighted by molar-refractivity contribution is 6.04. The number of nitrogens with zero attached hydrogens (tertiary/aromatic N) is 2. The van der Waals surface area contributed by atoms with Gasteiger partial charge in [0.1, 0.15) is 5.82 Å². The summed E-state index contributed by atoms with van der Waals surface area (Å²) in [6.07, 6.45) is 2.68. The highest BCUT2D eigenvalue weighted by atomic mass is 16.1. The van der Waals surface area contributed by atoms with Gasteiger partial charge in [0.15, 0.2) is 0 Å². The molecule has 1 heterocycles. The molecule has 0 radical (unpaired) electrons. The third-order valence-corrected chi connectivity index (χ3v) is 3.72. The van der Waals surface area contributed by atoms with Gasteiger partial charge in [0.05, 0.1) is 5.56 Å². The molecule has 1 amide bonds. The number of carbonyl (C=O) groups excluding carboxylic acids is 1. The Labute approximate surface area is 137 Å². The van der Waals surface area contributed by atoms with Gasteiger partial charge in [-0.1, -0.05) is 13.0 Å². The van der Waals surface area contributed by atoms with Gasteiger partial charge in [0, 0.05) is 30.7 Å². The average molecular weight is 312 g/mol. The zero-order chi connectivity index (χ0) is 16.8. The molecule has 1 aromatic heterocycles. The van der Waals surface area contributed by atoms with E-state index in [0.717, 1.165) is 36.6 Å². The summed E-state index contributed by atoms with van der Waals surface area (Å²) in [6.45, 7) is 8.02. The fourth-order valence-electron chi connectivity index (χ4n) is 2.38. The Hall–Kier alpha value is -2.56. The SMILES string of the molecule is CCCN(CC)c1ccc(C(=O)Nc2cc(N)ccc2C)cn1. The van der Waals surface area contributed by atoms with E-state index in [4.69, 9.17) is 5.73 Å². The predicted molar refractivity (Wildman–Crippen MR) is 96.0 cm³/mol. The molecule has 2 rings (SSSR count). The third-order valence-electron chi connectivity index (χ3n) is 3.72. The van der Waals surface area contributed by atoms with Gasteiger partial charge in [0.2, 0.25) is 0 Å². The second-order valence-corrected chi connectivity index (χ2v) is 5.51. The first kappa shape index (κ1) is 16.8. The first-order chi connectivity index (χ1) is 11.0. The Morgan fingerprint density at radius 3 is 2.65 bits per heavy atom. The van der Waals surface area contributed by atoms with Crippen LogP contribution in [0.4, 0.5) is 17.2 Å². The number of amides is 1. The molecule has 5 nitrogen and oxygen atoms in total. The van der Waals surface area contributed by atoms with E-state index in [1.54, 1.807) is 18.3 Å². The topological polar surface area (TPSA) is 71.2 Å². The second-order valence-electron chi connectivity index (χ2n) is 5.51. The standard InChI is InChI=1S/C18H24N4O/c1-4-10-22(5-2)17-9-7-14(12-20-17)18(23)21-16-11-15(19)8-6-13(16)3/h6-9,11-12H,4-5,10,19H2,1-3H3,(H,21,23). The lowest BCUT2D eigenvalue weighted by Crippen LogP contribution is -2.24. The van der Waals surface area contributed by atoms with Crippen molar-refractivity contribution in [2.45, 2.75) is 27.2 Å². The Morgan fingerprint density at radius 2 is 2.04 bits per heavy atom. The van der Waals surface area contributed by atoms with Crippen molar-refractivity contribution in [1.82, 2.24) is 4.98 Å². The Bertz CT molecular complexity index is 667. The number of nitrogen functional groups attached to an aromatic ring is 1. The van der Waals surface area contributed by atoms with Crippen molar-refractivity contribution in [2.24, 2.45) is 0 Å². The number of aryl methyl sites for hydroxylation is 1. The smallest absolute Gasteiger partial charge is 0.257 e. The first-order valence-corrected chi connectivity index (χ1v) is 7.93. The zero-order valence-corrected chi connectivity index (χ0v) is 14.0. The maximum absolute atomic E-state index is 12.3. The van der Waals surface area contributed by atoms with Crippen LogP contribution < -0.4 is 16.0 Å². The number of hydrogen-bond donors (Lipinski definition) is 2. The molecular formula is C18H24N4O. The summed E-state index contributed by atoms with van der Waals surface area (Å²) < 4.78 is 0. The molecule has 0 aliphatic heterocycles. The van der Waals surface area contributed by atoms with Crippen molar-refractivity contribution in [3.8, 4) is 0 Å². The van der Waals surface area contributed by atoms with Crippen LogP contribution in [-0.4, -0.2) is 24.0 Å². The Kier molecular flexibility index (Phi) is 5.57. The molecule has 0 atom stereocenters. The Morgan fingerprint density at radius 1 is 1.26 bits per heavy atom. The average Bonchev–Trinajstić information content (AvgIpc) is 2.56. The molecule has 2 aromatic rings. The van der Waals surface area contributed by atoms with E-state index < -0.39 is 0 Å². The number of pyridine rings is 1. The van der Waals surface area contributed by atoms with E-state index >= 15 is 0 Å². The normalized spacial score (nSPS) is 10.4. The monoisotopic (exact) mass is 312 g/mol. The van der Waals surface area contributed by atoms with Crippen LogP contribution in [0.15, 0.2) is 36.5 Å². The lowest BCUT2D eigenvalue weighted by Gasteiger charge is -2.21. The summed E-state index contributed by atoms with van der Waals surface area (Å²) >= 11 is 0. The third kappa shape index (κ3) is 4.22. The van der Waals surface area contributed by atoms with Crippen LogP contribution in [-0.2, 0) is 0 Å². The molecule has 0 bridgehead atoms. The molecule has 0 unspecified atom stereocenters. The second kappa shape index (κ2) is 7.63. The van der Waals surface area contributed by atoms with E-state index in [9.17, 15) is 4.79 Å². The van der Waals surface area contributed by atoms with Gasteiger partial charge >= 0.3 is 0 Å². The number of aromatic nitrogens is 1. The van der Waals surface area contributed by atoms with Crippen LogP contribution in [0.1, 0.15) is 36.2 Å². The molecule has 0 spiro atoms. The van der Waals surface area contributed by atoms with Gasteiger partial charge in [-0.05, 0) is 50.1 Å². The minimum Gasteiger partial charge on any atom is -0.399 e. The van der Waals surface area contributed by atoms with Gasteiger partial charge in [0.25, 0.3) is 5.91 Å². The van der Waals surface area contributed by atoms with Crippen LogP contribution in [0.2, 0.25) is 0 Å². The van der Waals surface area contributed by atoms with E-state index in [2.05, 4.69) is 29.0 Å². The lowest BCUT2D eigenvalue weighted by molar-refractivity contribution is 0.102. The largest absolute Gasteiger partial charge is 0.399 e. The van der Waals surface area contributed by atoms with Crippen LogP contribution in [0.5, 0.6) is 0 Å². The van der Waals surface area contributed by atoms with Crippen LogP contribution in [0.25, 0.3) is 0 Å². The number of benzene rings is 1. The molecule has 3 N–H and O–H groups in total. The number of anilines is 3. The number of rotatable bonds is 6. The number of hydrogen-bond acceptors (Lipinski definition) is 4. The summed E-state index contributed by atoms with van der Waals surface area (Å²) in [7, 11) is 0. The molecule has 122 valence electrons. The van der Waals surface area contributed by atoms with Gasteiger partial charge in [-0.15, -0.1) is 0 Å². The van der Waals surface area contributed by atoms with E-state index in [1.165, 1.54) is 0 Å². The van der Waals surface area contributed by atoms with Crippen molar-refractivity contribution in [1.29, 1.82) is 0 Å². The molecule has 0 saturated carbocycles. The summed E-state index contributed by atoms with van der Waals surface area (Å²) in [5, 5.41) is 2.88. The van der Waals surface area contributed by atoms with Crippen LogP contribution in [0, 0.1) is 6.92 Å². The van der Waals surface area contributed by atoms with Gasteiger partial charge in [-0.25, -0.2) is 4.98 Å². The van der Waals surface area contributed by atoms with Crippen molar-refractivity contribution < 1.29 is 4.79 Å². The summed E-state index contributed by atoms with van der Waals surface area (Å²) in [5.74, 6) is 0.710. The quantitative estimate of drug-likeness (QED) is 0.801. The molecular weight excluding hydrogens is 288 g/mol. The molecule has 5 heteroatoms. The summed E-state index contributed by atoms with van der Waals surface area (Å²) in [6, 6.07) is 9.15. The molecule has 0 saturated heterocycles. The van der Waals surface area contributed by atoms with Crippen molar-refractivity contribution >= 4 is 23.1 Å². The van der Waals surface area contributed by atoms with Crippen molar-refractivity contribution in [3.05, 3.63) is 47.7 Å². The fourth-order valence-corrected chi connectivity index (χ4v) is 2.38. The molecule has 1 aromatic carbocycles. The lowest BCUT2D eigenvalue weighted by atomic mass is 10.1. The number of carbonyl (C=O) groups is 1. The predicted octanol–water partition coefficient (Wildman–Crippen LogP) is 3.46. The summed E-state index contributed by atoms with van der Waals surface area (Å²) in [4.78, 5) is 18.9. The maximum Gasteiger partial charge on any atom is 0.257 e.